The molecule has 1 heterocycles. The Hall–Kier alpha value is -5.22. The van der Waals surface area contributed by atoms with Crippen LogP contribution in [0.3, 0.4) is 0 Å². The molecule has 9 nitrogen and oxygen atoms in total. The number of amides is 2. The van der Waals surface area contributed by atoms with E-state index in [1.165, 1.54) is 30.3 Å². The van der Waals surface area contributed by atoms with E-state index in [9.17, 15) is 33.1 Å². The van der Waals surface area contributed by atoms with E-state index in [4.69, 9.17) is 4.74 Å². The maximum Gasteiger partial charge on any atom is 0.435 e. The van der Waals surface area contributed by atoms with Crippen molar-refractivity contribution in [2.75, 3.05) is 11.9 Å². The molecule has 1 fully saturated rings. The number of aromatic nitrogens is 2. The first kappa shape index (κ1) is 34.1. The summed E-state index contributed by atoms with van der Waals surface area (Å²) >= 11 is 0. The van der Waals surface area contributed by atoms with Crippen LogP contribution in [0.1, 0.15) is 78.2 Å². The van der Waals surface area contributed by atoms with Crippen molar-refractivity contribution in [3.8, 4) is 11.8 Å². The topological polar surface area (TPSA) is 120 Å². The summed E-state index contributed by atoms with van der Waals surface area (Å²) in [5.74, 6) is -1.52. The van der Waals surface area contributed by atoms with Gasteiger partial charge in [-0.15, -0.1) is 0 Å². The third kappa shape index (κ3) is 8.01. The second-order valence-corrected chi connectivity index (χ2v) is 12.6. The Labute approximate surface area is 274 Å². The predicted molar refractivity (Wildman–Crippen MR) is 168 cm³/mol. The Morgan fingerprint density at radius 2 is 1.77 bits per heavy atom. The van der Waals surface area contributed by atoms with E-state index in [1.54, 1.807) is 51.1 Å². The number of anilines is 1. The van der Waals surface area contributed by atoms with E-state index in [-0.39, 0.29) is 17.9 Å². The summed E-state index contributed by atoms with van der Waals surface area (Å²) in [4.78, 5) is 26.6. The van der Waals surface area contributed by atoms with Gasteiger partial charge in [0.15, 0.2) is 5.69 Å². The average molecular weight is 664 g/mol. The highest BCUT2D eigenvalue weighted by Gasteiger charge is 2.36. The number of halogens is 4. The molecule has 1 saturated carbocycles. The number of ether oxygens (including phenoxy) is 1. The fourth-order valence-corrected chi connectivity index (χ4v) is 5.10. The van der Waals surface area contributed by atoms with Gasteiger partial charge in [0, 0.05) is 18.2 Å². The molecule has 5 rings (SSSR count). The van der Waals surface area contributed by atoms with Crippen LogP contribution in [-0.2, 0) is 17.5 Å². The quantitative estimate of drug-likeness (QED) is 0.166. The number of rotatable bonds is 10. The Kier molecular flexibility index (Phi) is 9.59. The number of carbonyl (C=O) groups is 2. The Bertz CT molecular complexity index is 1870. The predicted octanol–water partition coefficient (Wildman–Crippen LogP) is 7.95. The molecule has 2 N–H and O–H groups in total. The van der Waals surface area contributed by atoms with Gasteiger partial charge in [0.1, 0.15) is 17.6 Å². The molecular formula is C35H33F4N5O4. The zero-order chi connectivity index (χ0) is 34.8. The molecule has 13 heteroatoms. The SMILES string of the molecule is CC(C)(C)N(Cc1cccc(-n2nc(C(F)(F)F)cc2C(=O)Nc2cc(C(OCC3CC3)c3cccc(C#N)c3)ccc2F)c1)C(=O)O. The minimum absolute atomic E-state index is 0.0625. The van der Waals surface area contributed by atoms with Gasteiger partial charge in [-0.1, -0.05) is 30.3 Å². The van der Waals surface area contributed by atoms with Crippen LogP contribution in [0, 0.1) is 23.1 Å². The lowest BCUT2D eigenvalue weighted by Crippen LogP contribution is -2.44. The molecule has 1 atom stereocenters. The lowest BCUT2D eigenvalue weighted by Gasteiger charge is -2.33. The van der Waals surface area contributed by atoms with Crippen LogP contribution in [0.5, 0.6) is 0 Å². The molecule has 0 radical (unpaired) electrons. The third-order valence-corrected chi connectivity index (χ3v) is 7.82. The monoisotopic (exact) mass is 663 g/mol. The fraction of sp³-hybridized carbons (Fsp3) is 0.314. The van der Waals surface area contributed by atoms with E-state index in [0.29, 0.717) is 40.8 Å². The van der Waals surface area contributed by atoms with Gasteiger partial charge in [0.05, 0.1) is 29.6 Å². The molecule has 2 amide bonds. The number of nitrogens with one attached hydrogen (secondary N) is 1. The standard InChI is InChI=1S/C35H33F4N5O4/c1-34(2,3)43(33(46)47)19-23-7-5-9-26(15-23)44-29(17-30(42-44)35(37,38)39)32(45)41-28-16-25(12-13-27(28)36)31(48-20-21-10-11-21)24-8-4-6-22(14-24)18-40/h4-9,12-17,21,31H,10-11,19-20H2,1-3H3,(H,41,45)(H,46,47). The van der Waals surface area contributed by atoms with Gasteiger partial charge in [0.25, 0.3) is 5.91 Å². The molecule has 48 heavy (non-hydrogen) atoms. The van der Waals surface area contributed by atoms with Crippen LogP contribution in [0.15, 0.2) is 72.8 Å². The Morgan fingerprint density at radius 3 is 2.42 bits per heavy atom. The van der Waals surface area contributed by atoms with Crippen LogP contribution in [0.2, 0.25) is 0 Å². The fourth-order valence-electron chi connectivity index (χ4n) is 5.10. The molecule has 1 unspecified atom stereocenters. The van der Waals surface area contributed by atoms with Crippen molar-refractivity contribution in [1.29, 1.82) is 5.26 Å². The summed E-state index contributed by atoms with van der Waals surface area (Å²) < 4.78 is 63.7. The second kappa shape index (κ2) is 13.5. The molecule has 1 aromatic heterocycles. The number of carbonyl (C=O) groups excluding carboxylic acids is 1. The van der Waals surface area contributed by atoms with Crippen molar-refractivity contribution >= 4 is 17.7 Å². The maximum atomic E-state index is 15.2. The van der Waals surface area contributed by atoms with Crippen LogP contribution >= 0.6 is 0 Å². The average Bonchev–Trinajstić information content (AvgIpc) is 3.74. The first-order valence-electron chi connectivity index (χ1n) is 15.1. The molecule has 1 aliphatic carbocycles. The first-order valence-corrected chi connectivity index (χ1v) is 15.1. The van der Waals surface area contributed by atoms with Crippen molar-refractivity contribution in [2.45, 2.75) is 58.0 Å². The van der Waals surface area contributed by atoms with Gasteiger partial charge in [-0.25, -0.2) is 13.9 Å². The number of alkyl halides is 3. The van der Waals surface area contributed by atoms with Gasteiger partial charge < -0.3 is 15.2 Å². The van der Waals surface area contributed by atoms with E-state index in [1.807, 2.05) is 0 Å². The van der Waals surface area contributed by atoms with Crippen molar-refractivity contribution in [3.63, 3.8) is 0 Å². The normalized spacial score (nSPS) is 13.9. The Morgan fingerprint density at radius 1 is 1.06 bits per heavy atom. The van der Waals surface area contributed by atoms with Crippen LogP contribution < -0.4 is 5.32 Å². The molecular weight excluding hydrogens is 630 g/mol. The van der Waals surface area contributed by atoms with Crippen LogP contribution in [0.4, 0.5) is 28.0 Å². The van der Waals surface area contributed by atoms with E-state index >= 15 is 4.39 Å². The molecule has 0 aliphatic heterocycles. The lowest BCUT2D eigenvalue weighted by atomic mass is 9.99. The number of nitriles is 1. The zero-order valence-electron chi connectivity index (χ0n) is 26.4. The van der Waals surface area contributed by atoms with E-state index < -0.39 is 47.0 Å². The summed E-state index contributed by atoms with van der Waals surface area (Å²) in [6, 6.07) is 19.3. The van der Waals surface area contributed by atoms with Gasteiger partial charge in [-0.3, -0.25) is 9.69 Å². The highest BCUT2D eigenvalue weighted by atomic mass is 19.4. The Balaban J connectivity index is 1.49. The molecule has 3 aromatic carbocycles. The number of hydrogen-bond donors (Lipinski definition) is 2. The van der Waals surface area contributed by atoms with Crippen molar-refractivity contribution < 1.29 is 37.0 Å². The molecule has 4 aromatic rings. The molecule has 0 spiro atoms. The highest BCUT2D eigenvalue weighted by molar-refractivity contribution is 6.03. The van der Waals surface area contributed by atoms with Gasteiger partial charge in [-0.2, -0.15) is 23.5 Å². The smallest absolute Gasteiger partial charge is 0.435 e. The lowest BCUT2D eigenvalue weighted by molar-refractivity contribution is -0.141. The highest BCUT2D eigenvalue weighted by Crippen LogP contribution is 2.35. The summed E-state index contributed by atoms with van der Waals surface area (Å²) in [7, 11) is 0. The van der Waals surface area contributed by atoms with E-state index in [2.05, 4.69) is 16.5 Å². The molecule has 250 valence electrons. The van der Waals surface area contributed by atoms with Gasteiger partial charge in [0.2, 0.25) is 0 Å². The minimum atomic E-state index is -4.90. The van der Waals surface area contributed by atoms with Crippen molar-refractivity contribution in [3.05, 3.63) is 112 Å². The van der Waals surface area contributed by atoms with Crippen molar-refractivity contribution in [1.82, 2.24) is 14.7 Å². The zero-order valence-corrected chi connectivity index (χ0v) is 26.4. The number of carboxylic acid groups (broad SMARTS) is 1. The summed E-state index contributed by atoms with van der Waals surface area (Å²) in [6.45, 7) is 5.46. The molecule has 0 bridgehead atoms. The second-order valence-electron chi connectivity index (χ2n) is 12.6. The molecule has 1 aliphatic rings. The molecule has 0 saturated heterocycles. The van der Waals surface area contributed by atoms with Crippen LogP contribution in [0.25, 0.3) is 5.69 Å². The summed E-state index contributed by atoms with van der Waals surface area (Å²) in [5.41, 5.74) is -0.953. The third-order valence-electron chi connectivity index (χ3n) is 7.82. The summed E-state index contributed by atoms with van der Waals surface area (Å²) in [6.07, 6.45) is -4.77. The number of nitrogens with zero attached hydrogens (tertiary/aromatic N) is 4. The summed E-state index contributed by atoms with van der Waals surface area (Å²) in [5, 5.41) is 25.2. The van der Waals surface area contributed by atoms with Crippen LogP contribution in [-0.4, -0.2) is 43.9 Å². The van der Waals surface area contributed by atoms with E-state index in [0.717, 1.165) is 28.5 Å². The van der Waals surface area contributed by atoms with Crippen molar-refractivity contribution in [2.24, 2.45) is 5.92 Å². The maximum absolute atomic E-state index is 15.2. The minimum Gasteiger partial charge on any atom is -0.465 e. The van der Waals surface area contributed by atoms with Gasteiger partial charge in [-0.05, 0) is 92.6 Å². The first-order chi connectivity index (χ1) is 22.6. The van der Waals surface area contributed by atoms with Gasteiger partial charge >= 0.3 is 12.3 Å². The number of hydrogen-bond acceptors (Lipinski definition) is 5. The largest absolute Gasteiger partial charge is 0.465 e. The number of benzene rings is 3.